The number of rotatable bonds is 7. The van der Waals surface area contributed by atoms with Gasteiger partial charge in [0.2, 0.25) is 15.9 Å². The molecule has 0 saturated carbocycles. The highest BCUT2D eigenvalue weighted by atomic mass is 32.2. The van der Waals surface area contributed by atoms with Crippen LogP contribution < -0.4 is 0 Å². The summed E-state index contributed by atoms with van der Waals surface area (Å²) in [5.41, 5.74) is 0.933. The van der Waals surface area contributed by atoms with E-state index in [4.69, 9.17) is 9.15 Å². The summed E-state index contributed by atoms with van der Waals surface area (Å²) in [7, 11) is -1.57. The fraction of sp³-hybridized carbons (Fsp3) is 0.667. The number of carbonyl (C=O) groups is 1. The van der Waals surface area contributed by atoms with Gasteiger partial charge in [-0.15, -0.1) is 0 Å². The number of furan rings is 1. The van der Waals surface area contributed by atoms with Crippen LogP contribution in [0.1, 0.15) is 18.4 Å². The Morgan fingerprint density at radius 2 is 2.13 bits per heavy atom. The Balaban J connectivity index is 1.97. The number of sulfonamides is 1. The van der Waals surface area contributed by atoms with Gasteiger partial charge < -0.3 is 14.1 Å². The highest BCUT2D eigenvalue weighted by Crippen LogP contribution is 2.22. The summed E-state index contributed by atoms with van der Waals surface area (Å²) >= 11 is 0. The van der Waals surface area contributed by atoms with Gasteiger partial charge >= 0.3 is 0 Å². The van der Waals surface area contributed by atoms with E-state index in [1.54, 1.807) is 24.5 Å². The second-order valence-corrected chi connectivity index (χ2v) is 7.80. The molecule has 130 valence electrons. The first kappa shape index (κ1) is 18.0. The lowest BCUT2D eigenvalue weighted by molar-refractivity contribution is -0.138. The highest BCUT2D eigenvalue weighted by molar-refractivity contribution is 7.88. The van der Waals surface area contributed by atoms with E-state index in [0.717, 1.165) is 5.56 Å². The van der Waals surface area contributed by atoms with Crippen molar-refractivity contribution in [1.29, 1.82) is 0 Å². The molecule has 0 aromatic carbocycles. The average Bonchev–Trinajstić information content (AvgIpc) is 3.03. The average molecular weight is 344 g/mol. The molecular weight excluding hydrogens is 320 g/mol. The van der Waals surface area contributed by atoms with Crippen molar-refractivity contribution in [3.63, 3.8) is 0 Å². The fourth-order valence-corrected chi connectivity index (χ4v) is 3.64. The maximum atomic E-state index is 12.8. The van der Waals surface area contributed by atoms with Crippen molar-refractivity contribution in [3.05, 3.63) is 24.2 Å². The zero-order valence-electron chi connectivity index (χ0n) is 13.6. The second kappa shape index (κ2) is 7.94. The van der Waals surface area contributed by atoms with Crippen molar-refractivity contribution in [3.8, 4) is 0 Å². The molecule has 8 heteroatoms. The largest absolute Gasteiger partial charge is 0.472 e. The third-order valence-corrected chi connectivity index (χ3v) is 5.41. The first-order valence-corrected chi connectivity index (χ1v) is 9.50. The van der Waals surface area contributed by atoms with E-state index in [2.05, 4.69) is 0 Å². The molecule has 0 unspecified atom stereocenters. The first-order valence-electron chi connectivity index (χ1n) is 7.65. The molecule has 0 aliphatic carbocycles. The molecule has 0 N–H and O–H groups in total. The van der Waals surface area contributed by atoms with Gasteiger partial charge in [0.15, 0.2) is 0 Å². The maximum Gasteiger partial charge on any atom is 0.226 e. The third kappa shape index (κ3) is 5.05. The van der Waals surface area contributed by atoms with Crippen LogP contribution in [0.4, 0.5) is 0 Å². The van der Waals surface area contributed by atoms with Gasteiger partial charge in [-0.25, -0.2) is 12.7 Å². The van der Waals surface area contributed by atoms with Crippen LogP contribution >= 0.6 is 0 Å². The monoisotopic (exact) mass is 344 g/mol. The van der Waals surface area contributed by atoms with E-state index in [1.807, 2.05) is 6.07 Å². The Morgan fingerprint density at radius 3 is 2.65 bits per heavy atom. The Bertz CT molecular complexity index is 591. The van der Waals surface area contributed by atoms with Crippen LogP contribution in [-0.4, -0.2) is 63.1 Å². The number of nitrogens with zero attached hydrogens (tertiary/aromatic N) is 2. The normalized spacial score (nSPS) is 17.3. The summed E-state index contributed by atoms with van der Waals surface area (Å²) in [6, 6.07) is 1.83. The molecule has 1 aromatic rings. The van der Waals surface area contributed by atoms with Gasteiger partial charge in [-0.3, -0.25) is 4.79 Å². The smallest absolute Gasteiger partial charge is 0.226 e. The van der Waals surface area contributed by atoms with E-state index in [9.17, 15) is 13.2 Å². The van der Waals surface area contributed by atoms with E-state index >= 15 is 0 Å². The minimum absolute atomic E-state index is 0.0522. The predicted octanol–water partition coefficient (Wildman–Crippen LogP) is 0.926. The van der Waals surface area contributed by atoms with Crippen molar-refractivity contribution < 1.29 is 22.4 Å². The van der Waals surface area contributed by atoms with Crippen LogP contribution in [0.25, 0.3) is 0 Å². The summed E-state index contributed by atoms with van der Waals surface area (Å²) in [6.07, 6.45) is 5.53. The first-order chi connectivity index (χ1) is 10.9. The highest BCUT2D eigenvalue weighted by Gasteiger charge is 2.31. The van der Waals surface area contributed by atoms with Crippen LogP contribution in [0.2, 0.25) is 0 Å². The van der Waals surface area contributed by atoms with Gasteiger partial charge in [0.05, 0.1) is 25.4 Å². The van der Waals surface area contributed by atoms with E-state index < -0.39 is 10.0 Å². The van der Waals surface area contributed by atoms with Crippen LogP contribution in [0.15, 0.2) is 23.0 Å². The molecule has 1 saturated heterocycles. The Labute approximate surface area is 137 Å². The van der Waals surface area contributed by atoms with Gasteiger partial charge in [-0.1, -0.05) is 0 Å². The van der Waals surface area contributed by atoms with Gasteiger partial charge in [-0.05, 0) is 18.9 Å². The van der Waals surface area contributed by atoms with Crippen molar-refractivity contribution in [1.82, 2.24) is 9.21 Å². The van der Waals surface area contributed by atoms with Crippen molar-refractivity contribution in [2.75, 3.05) is 39.6 Å². The second-order valence-electron chi connectivity index (χ2n) is 5.82. The third-order valence-electron chi connectivity index (χ3n) is 4.10. The lowest BCUT2D eigenvalue weighted by Crippen LogP contribution is -2.44. The lowest BCUT2D eigenvalue weighted by Gasteiger charge is -2.33. The van der Waals surface area contributed by atoms with Crippen LogP contribution in [0.5, 0.6) is 0 Å². The molecule has 23 heavy (non-hydrogen) atoms. The molecule has 2 rings (SSSR count). The molecule has 1 aliphatic rings. The zero-order valence-corrected chi connectivity index (χ0v) is 14.4. The summed E-state index contributed by atoms with van der Waals surface area (Å²) in [5.74, 6) is -0.0897. The molecule has 2 heterocycles. The SMILES string of the molecule is COCCN(Cc1ccoc1)C(=O)C1CCN(S(C)(=O)=O)CC1. The van der Waals surface area contributed by atoms with Crippen molar-refractivity contribution in [2.24, 2.45) is 5.92 Å². The van der Waals surface area contributed by atoms with E-state index in [0.29, 0.717) is 45.6 Å². The molecule has 1 aromatic heterocycles. The molecule has 7 nitrogen and oxygen atoms in total. The molecule has 0 bridgehead atoms. The molecule has 0 atom stereocenters. The Hall–Kier alpha value is -1.38. The van der Waals surface area contributed by atoms with Gasteiger partial charge in [0, 0.05) is 44.8 Å². The summed E-state index contributed by atoms with van der Waals surface area (Å²) in [4.78, 5) is 14.5. The number of ether oxygens (including phenoxy) is 1. The van der Waals surface area contributed by atoms with Crippen LogP contribution in [0.3, 0.4) is 0 Å². The van der Waals surface area contributed by atoms with E-state index in [1.165, 1.54) is 10.6 Å². The van der Waals surface area contributed by atoms with E-state index in [-0.39, 0.29) is 11.8 Å². The lowest BCUT2D eigenvalue weighted by atomic mass is 9.96. The molecule has 1 aliphatic heterocycles. The molecule has 0 radical (unpaired) electrons. The summed E-state index contributed by atoms with van der Waals surface area (Å²) in [5, 5.41) is 0. The molecule has 1 amide bonds. The minimum atomic E-state index is -3.17. The van der Waals surface area contributed by atoms with Gasteiger partial charge in [-0.2, -0.15) is 0 Å². The molecular formula is C15H24N2O5S. The van der Waals surface area contributed by atoms with Crippen LogP contribution in [0, 0.1) is 5.92 Å². The topological polar surface area (TPSA) is 80.1 Å². The standard InChI is InChI=1S/C15H24N2O5S/c1-21-10-8-16(11-13-5-9-22-12-13)15(18)14-3-6-17(7-4-14)23(2,19)20/h5,9,12,14H,3-4,6-8,10-11H2,1-2H3. The fourth-order valence-electron chi connectivity index (χ4n) is 2.76. The Morgan fingerprint density at radius 1 is 1.43 bits per heavy atom. The molecule has 0 spiro atoms. The van der Waals surface area contributed by atoms with Gasteiger partial charge in [0.25, 0.3) is 0 Å². The number of piperidine rings is 1. The molecule has 1 fully saturated rings. The zero-order chi connectivity index (χ0) is 16.9. The number of amides is 1. The Kier molecular flexibility index (Phi) is 6.20. The van der Waals surface area contributed by atoms with Crippen molar-refractivity contribution >= 4 is 15.9 Å². The number of carbonyl (C=O) groups excluding carboxylic acids is 1. The number of hydrogen-bond donors (Lipinski definition) is 0. The summed E-state index contributed by atoms with van der Waals surface area (Å²) < 4.78 is 34.7. The van der Waals surface area contributed by atoms with Crippen LogP contribution in [-0.2, 0) is 26.1 Å². The quantitative estimate of drug-likeness (QED) is 0.735. The number of hydrogen-bond acceptors (Lipinski definition) is 5. The number of methoxy groups -OCH3 is 1. The maximum absolute atomic E-state index is 12.8. The predicted molar refractivity (Wildman–Crippen MR) is 85.1 cm³/mol. The minimum Gasteiger partial charge on any atom is -0.472 e. The van der Waals surface area contributed by atoms with Gasteiger partial charge in [0.1, 0.15) is 0 Å². The van der Waals surface area contributed by atoms with Crippen molar-refractivity contribution in [2.45, 2.75) is 19.4 Å². The summed E-state index contributed by atoms with van der Waals surface area (Å²) in [6.45, 7) is 2.25.